The summed E-state index contributed by atoms with van der Waals surface area (Å²) in [5.41, 5.74) is 1.91. The number of ether oxygens (including phenoxy) is 1. The predicted octanol–water partition coefficient (Wildman–Crippen LogP) is 4.37. The normalized spacial score (nSPS) is 18.0. The molecule has 0 atom stereocenters. The molecular formula is C25H32N6O3. The number of rotatable bonds is 9. The monoisotopic (exact) mass is 464 g/mol. The first kappa shape index (κ1) is 23.7. The fraction of sp³-hybridized carbons (Fsp3) is 0.440. The molecular weight excluding hydrogens is 432 g/mol. The van der Waals surface area contributed by atoms with Gasteiger partial charge in [0.05, 0.1) is 23.6 Å². The Morgan fingerprint density at radius 1 is 1.12 bits per heavy atom. The molecule has 9 nitrogen and oxygen atoms in total. The molecule has 4 rings (SSSR count). The van der Waals surface area contributed by atoms with Gasteiger partial charge in [-0.25, -0.2) is 4.98 Å². The van der Waals surface area contributed by atoms with Crippen LogP contribution in [0.1, 0.15) is 31.2 Å². The summed E-state index contributed by atoms with van der Waals surface area (Å²) in [6.07, 6.45) is 4.38. The van der Waals surface area contributed by atoms with Gasteiger partial charge in [0, 0.05) is 43.7 Å². The lowest BCUT2D eigenvalue weighted by atomic mass is 9.86. The maximum absolute atomic E-state index is 11.0. The molecule has 1 aliphatic carbocycles. The van der Waals surface area contributed by atoms with Crippen LogP contribution in [0.3, 0.4) is 0 Å². The topological polar surface area (TPSA) is 105 Å². The Morgan fingerprint density at radius 3 is 2.59 bits per heavy atom. The molecule has 180 valence electrons. The highest BCUT2D eigenvalue weighted by molar-refractivity contribution is 5.90. The second-order valence-corrected chi connectivity index (χ2v) is 9.03. The Balaban J connectivity index is 1.29. The Morgan fingerprint density at radius 2 is 1.88 bits per heavy atom. The van der Waals surface area contributed by atoms with E-state index in [2.05, 4.69) is 16.7 Å². The molecule has 2 aromatic carbocycles. The molecule has 1 fully saturated rings. The lowest BCUT2D eigenvalue weighted by molar-refractivity contribution is -0.384. The summed E-state index contributed by atoms with van der Waals surface area (Å²) in [6, 6.07) is 13.2. The summed E-state index contributed by atoms with van der Waals surface area (Å²) in [6.45, 7) is 1.53. The third kappa shape index (κ3) is 5.53. The van der Waals surface area contributed by atoms with Crippen LogP contribution >= 0.6 is 0 Å². The van der Waals surface area contributed by atoms with E-state index in [0.29, 0.717) is 30.2 Å². The maximum Gasteiger partial charge on any atom is 0.273 e. The third-order valence-corrected chi connectivity index (χ3v) is 6.42. The molecule has 9 heteroatoms. The molecule has 1 saturated carbocycles. The van der Waals surface area contributed by atoms with E-state index in [0.717, 1.165) is 54.5 Å². The number of benzene rings is 2. The van der Waals surface area contributed by atoms with Crippen molar-refractivity contribution in [3.63, 3.8) is 0 Å². The summed E-state index contributed by atoms with van der Waals surface area (Å²) in [5, 5.41) is 19.1. The second kappa shape index (κ2) is 10.6. The van der Waals surface area contributed by atoms with Gasteiger partial charge in [-0.1, -0.05) is 12.1 Å². The van der Waals surface area contributed by atoms with E-state index >= 15 is 0 Å². The lowest BCUT2D eigenvalue weighted by Gasteiger charge is -2.29. The van der Waals surface area contributed by atoms with Crippen molar-refractivity contribution in [2.24, 2.45) is 5.92 Å². The van der Waals surface area contributed by atoms with Crippen LogP contribution in [0.4, 0.5) is 17.5 Å². The van der Waals surface area contributed by atoms with Gasteiger partial charge in [0.1, 0.15) is 11.6 Å². The van der Waals surface area contributed by atoms with Crippen LogP contribution in [0, 0.1) is 16.0 Å². The number of anilines is 2. The van der Waals surface area contributed by atoms with Crippen LogP contribution in [0.5, 0.6) is 5.75 Å². The first-order valence-corrected chi connectivity index (χ1v) is 11.7. The quantitative estimate of drug-likeness (QED) is 0.355. The summed E-state index contributed by atoms with van der Waals surface area (Å²) in [7, 11) is 5.55. The first-order valence-electron chi connectivity index (χ1n) is 11.7. The largest absolute Gasteiger partial charge is 0.496 e. The van der Waals surface area contributed by atoms with Gasteiger partial charge in [-0.2, -0.15) is 4.98 Å². The summed E-state index contributed by atoms with van der Waals surface area (Å²) >= 11 is 0. The zero-order valence-corrected chi connectivity index (χ0v) is 20.0. The van der Waals surface area contributed by atoms with Crippen molar-refractivity contribution in [1.29, 1.82) is 0 Å². The Hall–Kier alpha value is -3.46. The van der Waals surface area contributed by atoms with Crippen LogP contribution in [-0.2, 0) is 6.54 Å². The van der Waals surface area contributed by atoms with Crippen molar-refractivity contribution in [3.05, 3.63) is 58.1 Å². The van der Waals surface area contributed by atoms with Gasteiger partial charge in [0.15, 0.2) is 0 Å². The van der Waals surface area contributed by atoms with Crippen molar-refractivity contribution in [1.82, 2.24) is 15.3 Å². The average molecular weight is 465 g/mol. The molecule has 1 aromatic heterocycles. The van der Waals surface area contributed by atoms with E-state index in [1.54, 1.807) is 6.07 Å². The number of nitro benzene ring substituents is 1. The zero-order valence-electron chi connectivity index (χ0n) is 20.0. The van der Waals surface area contributed by atoms with Gasteiger partial charge in [-0.05, 0) is 56.3 Å². The highest BCUT2D eigenvalue weighted by Crippen LogP contribution is 2.29. The number of para-hydroxylation sites is 1. The minimum atomic E-state index is -0.406. The molecule has 3 aromatic rings. The van der Waals surface area contributed by atoms with E-state index in [-0.39, 0.29) is 5.69 Å². The fourth-order valence-corrected chi connectivity index (χ4v) is 4.56. The smallest absolute Gasteiger partial charge is 0.273 e. The van der Waals surface area contributed by atoms with Crippen molar-refractivity contribution in [2.75, 3.05) is 38.0 Å². The van der Waals surface area contributed by atoms with Crippen molar-refractivity contribution >= 4 is 28.4 Å². The molecule has 1 aliphatic rings. The number of non-ortho nitro benzene ring substituents is 1. The second-order valence-electron chi connectivity index (χ2n) is 9.03. The molecule has 0 radical (unpaired) electrons. The van der Waals surface area contributed by atoms with Gasteiger partial charge in [0.25, 0.3) is 5.69 Å². The number of nitrogens with one attached hydrogen (secondary N) is 2. The Bertz CT molecular complexity index is 1140. The van der Waals surface area contributed by atoms with E-state index in [4.69, 9.17) is 14.7 Å². The summed E-state index contributed by atoms with van der Waals surface area (Å²) < 4.78 is 5.33. The third-order valence-electron chi connectivity index (χ3n) is 6.42. The van der Waals surface area contributed by atoms with E-state index in [9.17, 15) is 10.1 Å². The van der Waals surface area contributed by atoms with Gasteiger partial charge >= 0.3 is 0 Å². The van der Waals surface area contributed by atoms with Crippen molar-refractivity contribution < 1.29 is 9.66 Å². The SMILES string of the molecule is COc1cc([N+](=O)[O-])ccc1CNCC1CCC(Nc2nc(N(C)C)c3ccccc3n2)CC1. The van der Waals surface area contributed by atoms with Crippen LogP contribution in [0.2, 0.25) is 0 Å². The van der Waals surface area contributed by atoms with E-state index < -0.39 is 4.92 Å². The van der Waals surface area contributed by atoms with Crippen molar-refractivity contribution in [2.45, 2.75) is 38.3 Å². The highest BCUT2D eigenvalue weighted by Gasteiger charge is 2.22. The molecule has 0 saturated heterocycles. The molecule has 0 amide bonds. The van der Waals surface area contributed by atoms with Crippen LogP contribution in [0.25, 0.3) is 10.9 Å². The standard InChI is InChI=1S/C25H32N6O3/c1-30(2)24-21-6-4-5-7-22(21)28-25(29-24)27-19-11-8-17(9-12-19)15-26-16-18-10-13-20(31(32)33)14-23(18)34-3/h4-7,10,13-14,17,19,26H,8-9,11-12,15-16H2,1-3H3,(H,27,28,29). The predicted molar refractivity (Wildman–Crippen MR) is 135 cm³/mol. The Labute approximate surface area is 199 Å². The number of nitro groups is 1. The molecule has 2 N–H and O–H groups in total. The Kier molecular flexibility index (Phi) is 7.42. The molecule has 0 bridgehead atoms. The molecule has 0 unspecified atom stereocenters. The first-order chi connectivity index (χ1) is 16.4. The number of hydrogen-bond acceptors (Lipinski definition) is 8. The van der Waals surface area contributed by atoms with Gasteiger partial charge in [-0.3, -0.25) is 10.1 Å². The molecule has 34 heavy (non-hydrogen) atoms. The number of aromatic nitrogens is 2. The molecule has 0 aliphatic heterocycles. The van der Waals surface area contributed by atoms with Crippen LogP contribution in [0.15, 0.2) is 42.5 Å². The summed E-state index contributed by atoms with van der Waals surface area (Å²) in [4.78, 5) is 22.1. The van der Waals surface area contributed by atoms with Gasteiger partial charge < -0.3 is 20.3 Å². The average Bonchev–Trinajstić information content (AvgIpc) is 2.84. The van der Waals surface area contributed by atoms with Crippen molar-refractivity contribution in [3.8, 4) is 5.75 Å². The van der Waals surface area contributed by atoms with Gasteiger partial charge in [-0.15, -0.1) is 0 Å². The fourth-order valence-electron chi connectivity index (χ4n) is 4.56. The number of hydrogen-bond donors (Lipinski definition) is 2. The molecule has 0 spiro atoms. The zero-order chi connectivity index (χ0) is 24.1. The minimum absolute atomic E-state index is 0.0412. The summed E-state index contributed by atoms with van der Waals surface area (Å²) in [5.74, 6) is 2.75. The molecule has 1 heterocycles. The number of methoxy groups -OCH3 is 1. The van der Waals surface area contributed by atoms with Crippen LogP contribution in [-0.4, -0.2) is 48.7 Å². The van der Waals surface area contributed by atoms with Crippen LogP contribution < -0.4 is 20.3 Å². The van der Waals surface area contributed by atoms with Gasteiger partial charge in [0.2, 0.25) is 5.95 Å². The maximum atomic E-state index is 11.0. The minimum Gasteiger partial charge on any atom is -0.496 e. The lowest BCUT2D eigenvalue weighted by Crippen LogP contribution is -2.31. The number of nitrogens with zero attached hydrogens (tertiary/aromatic N) is 4. The highest BCUT2D eigenvalue weighted by atomic mass is 16.6. The number of fused-ring (bicyclic) bond motifs is 1. The van der Waals surface area contributed by atoms with E-state index in [1.165, 1.54) is 19.2 Å². The van der Waals surface area contributed by atoms with E-state index in [1.807, 2.05) is 37.2 Å².